The molecule has 3 heteroatoms. The Morgan fingerprint density at radius 1 is 1.14 bits per heavy atom. The summed E-state index contributed by atoms with van der Waals surface area (Å²) in [7, 11) is -1.16. The van der Waals surface area contributed by atoms with Crippen molar-refractivity contribution in [3.63, 3.8) is 0 Å². The predicted molar refractivity (Wildman–Crippen MR) is 91.1 cm³/mol. The second-order valence-corrected chi connectivity index (χ2v) is 15.1. The molecule has 4 aliphatic rings. The van der Waals surface area contributed by atoms with Gasteiger partial charge in [0.15, 0.2) is 0 Å². The Morgan fingerprint density at radius 3 is 2.50 bits per heavy atom. The highest BCUT2D eigenvalue weighted by Gasteiger charge is 2.62. The van der Waals surface area contributed by atoms with Crippen LogP contribution in [0.2, 0.25) is 25.7 Å². The van der Waals surface area contributed by atoms with Crippen molar-refractivity contribution in [2.75, 3.05) is 0 Å². The van der Waals surface area contributed by atoms with Crippen LogP contribution in [0, 0.1) is 41.4 Å². The van der Waals surface area contributed by atoms with Gasteiger partial charge in [-0.25, -0.2) is 0 Å². The number of esters is 1. The van der Waals surface area contributed by atoms with Crippen LogP contribution in [0.3, 0.4) is 0 Å². The second kappa shape index (κ2) is 4.96. The van der Waals surface area contributed by atoms with Crippen molar-refractivity contribution in [1.82, 2.24) is 0 Å². The van der Waals surface area contributed by atoms with Crippen molar-refractivity contribution in [3.8, 4) is 0 Å². The van der Waals surface area contributed by atoms with Gasteiger partial charge in [0, 0.05) is 8.07 Å². The summed E-state index contributed by atoms with van der Waals surface area (Å²) in [5.74, 6) is 5.10. The fraction of sp³-hybridized carbons (Fsp3) is 0.842. The van der Waals surface area contributed by atoms with E-state index in [-0.39, 0.29) is 18.0 Å². The molecule has 4 aliphatic carbocycles. The summed E-state index contributed by atoms with van der Waals surface area (Å²) in [5.41, 5.74) is 0. The lowest BCUT2D eigenvalue weighted by molar-refractivity contribution is -0.155. The van der Waals surface area contributed by atoms with Gasteiger partial charge in [0.25, 0.3) is 0 Å². The molecule has 0 aliphatic heterocycles. The summed E-state index contributed by atoms with van der Waals surface area (Å²) in [6.45, 7) is 9.13. The molecule has 22 heavy (non-hydrogen) atoms. The minimum atomic E-state index is -1.16. The molecule has 3 saturated carbocycles. The first-order valence-electron chi connectivity index (χ1n) is 9.22. The average Bonchev–Trinajstić information content (AvgIpc) is 3.14. The first kappa shape index (κ1) is 15.0. The fourth-order valence-electron chi connectivity index (χ4n) is 6.48. The molecule has 0 N–H and O–H groups in total. The summed E-state index contributed by atoms with van der Waals surface area (Å²) < 4.78 is 5.87. The van der Waals surface area contributed by atoms with Crippen LogP contribution in [0.5, 0.6) is 0 Å². The van der Waals surface area contributed by atoms with Gasteiger partial charge in [0.1, 0.15) is 0 Å². The van der Waals surface area contributed by atoms with Crippen LogP contribution >= 0.6 is 0 Å². The Balaban J connectivity index is 1.41. The Bertz CT molecular complexity index is 506. The molecule has 2 nitrogen and oxygen atoms in total. The second-order valence-electron chi connectivity index (χ2n) is 9.62. The van der Waals surface area contributed by atoms with Gasteiger partial charge in [-0.1, -0.05) is 31.8 Å². The SMILES string of the molecule is CC(C[Si](C)(C)C)OC(=O)C1CC2CC1C1C3C=CC(C3)C21. The molecule has 0 radical (unpaired) electrons. The number of carbonyl (C=O) groups excluding carboxylic acids is 1. The van der Waals surface area contributed by atoms with Crippen molar-refractivity contribution < 1.29 is 9.53 Å². The van der Waals surface area contributed by atoms with E-state index in [9.17, 15) is 4.79 Å². The highest BCUT2D eigenvalue weighted by atomic mass is 28.3. The smallest absolute Gasteiger partial charge is 0.309 e. The lowest BCUT2D eigenvalue weighted by Crippen LogP contribution is -2.37. The van der Waals surface area contributed by atoms with Crippen LogP contribution in [-0.2, 0) is 9.53 Å². The van der Waals surface area contributed by atoms with Crippen molar-refractivity contribution in [3.05, 3.63) is 12.2 Å². The lowest BCUT2D eigenvalue weighted by atomic mass is 9.69. The molecule has 0 saturated heterocycles. The average molecular weight is 319 g/mol. The summed E-state index contributed by atoms with van der Waals surface area (Å²) >= 11 is 0. The van der Waals surface area contributed by atoms with Crippen LogP contribution in [0.1, 0.15) is 26.2 Å². The minimum absolute atomic E-state index is 0.106. The van der Waals surface area contributed by atoms with Crippen LogP contribution in [0.15, 0.2) is 12.2 Å². The highest BCUT2D eigenvalue weighted by Crippen LogP contribution is 2.67. The van der Waals surface area contributed by atoms with E-state index >= 15 is 0 Å². The normalized spacial score (nSPS) is 46.1. The van der Waals surface area contributed by atoms with Crippen molar-refractivity contribution in [2.45, 2.75) is 58.0 Å². The highest BCUT2D eigenvalue weighted by molar-refractivity contribution is 6.76. The van der Waals surface area contributed by atoms with E-state index in [1.807, 2.05) is 0 Å². The van der Waals surface area contributed by atoms with E-state index in [4.69, 9.17) is 4.74 Å². The standard InChI is InChI=1S/C19H30O2Si/c1-11(10-22(2,3)4)21-19(20)16-9-14-8-15(16)18-13-6-5-12(7-13)17(14)18/h5-6,11-18H,7-10H2,1-4H3. The van der Waals surface area contributed by atoms with Crippen molar-refractivity contribution in [1.29, 1.82) is 0 Å². The summed E-state index contributed by atoms with van der Waals surface area (Å²) in [6.07, 6.45) is 8.80. The Morgan fingerprint density at radius 2 is 1.82 bits per heavy atom. The number of allylic oxidation sites excluding steroid dienone is 2. The molecule has 0 spiro atoms. The zero-order valence-electron chi connectivity index (χ0n) is 14.4. The molecule has 0 amide bonds. The van der Waals surface area contributed by atoms with Gasteiger partial charge in [-0.05, 0) is 67.7 Å². The molecule has 4 rings (SSSR count). The van der Waals surface area contributed by atoms with Crippen LogP contribution in [0.25, 0.3) is 0 Å². The Labute approximate surface area is 135 Å². The van der Waals surface area contributed by atoms with Gasteiger partial charge in [-0.15, -0.1) is 0 Å². The van der Waals surface area contributed by atoms with E-state index in [1.54, 1.807) is 0 Å². The monoisotopic (exact) mass is 318 g/mol. The number of hydrogen-bond acceptors (Lipinski definition) is 2. The van der Waals surface area contributed by atoms with E-state index in [1.165, 1.54) is 12.8 Å². The van der Waals surface area contributed by atoms with E-state index in [2.05, 4.69) is 38.7 Å². The number of ether oxygens (including phenoxy) is 1. The first-order valence-corrected chi connectivity index (χ1v) is 12.9. The van der Waals surface area contributed by atoms with Gasteiger partial charge in [-0.3, -0.25) is 4.79 Å². The van der Waals surface area contributed by atoms with Gasteiger partial charge in [0.05, 0.1) is 12.0 Å². The maximum Gasteiger partial charge on any atom is 0.309 e. The molecule has 0 aromatic heterocycles. The maximum atomic E-state index is 12.7. The van der Waals surface area contributed by atoms with Crippen LogP contribution in [-0.4, -0.2) is 20.1 Å². The topological polar surface area (TPSA) is 26.3 Å². The third-order valence-electron chi connectivity index (χ3n) is 6.79. The molecule has 3 fully saturated rings. The summed E-state index contributed by atoms with van der Waals surface area (Å²) in [6, 6.07) is 1.08. The number of carbonyl (C=O) groups is 1. The van der Waals surface area contributed by atoms with Gasteiger partial charge in [0.2, 0.25) is 0 Å². The van der Waals surface area contributed by atoms with Gasteiger partial charge < -0.3 is 4.74 Å². The van der Waals surface area contributed by atoms with Crippen LogP contribution < -0.4 is 0 Å². The molecular formula is C19H30O2Si. The molecule has 0 aromatic carbocycles. The minimum Gasteiger partial charge on any atom is -0.463 e. The van der Waals surface area contributed by atoms with E-state index < -0.39 is 8.07 Å². The molecule has 0 aromatic rings. The lowest BCUT2D eigenvalue weighted by Gasteiger charge is -2.36. The van der Waals surface area contributed by atoms with Gasteiger partial charge in [-0.2, -0.15) is 0 Å². The zero-order chi connectivity index (χ0) is 15.6. The number of fused-ring (bicyclic) bond motifs is 9. The predicted octanol–water partition coefficient (Wildman–Crippen LogP) is 4.35. The van der Waals surface area contributed by atoms with E-state index in [0.717, 1.165) is 42.1 Å². The number of rotatable bonds is 4. The van der Waals surface area contributed by atoms with Crippen LogP contribution in [0.4, 0.5) is 0 Å². The molecule has 0 heterocycles. The maximum absolute atomic E-state index is 12.7. The van der Waals surface area contributed by atoms with Crippen molar-refractivity contribution >= 4 is 14.0 Å². The van der Waals surface area contributed by atoms with Gasteiger partial charge >= 0.3 is 5.97 Å². The summed E-state index contributed by atoms with van der Waals surface area (Å²) in [5, 5.41) is 0. The Hall–Kier alpha value is -0.573. The summed E-state index contributed by atoms with van der Waals surface area (Å²) in [4.78, 5) is 12.7. The number of hydrogen-bond donors (Lipinski definition) is 0. The van der Waals surface area contributed by atoms with Crippen molar-refractivity contribution in [2.24, 2.45) is 41.4 Å². The molecular weight excluding hydrogens is 288 g/mol. The largest absolute Gasteiger partial charge is 0.463 e. The third kappa shape index (κ3) is 2.31. The molecule has 4 bridgehead atoms. The molecule has 8 atom stereocenters. The Kier molecular flexibility index (Phi) is 3.38. The third-order valence-corrected chi connectivity index (χ3v) is 8.59. The zero-order valence-corrected chi connectivity index (χ0v) is 15.4. The fourth-order valence-corrected chi connectivity index (χ4v) is 8.28. The van der Waals surface area contributed by atoms with E-state index in [0.29, 0.717) is 5.92 Å². The quantitative estimate of drug-likeness (QED) is 0.333. The first-order chi connectivity index (χ1) is 10.3. The molecule has 8 unspecified atom stereocenters. The molecule has 122 valence electrons.